The highest BCUT2D eigenvalue weighted by Gasteiger charge is 2.13. The molecule has 0 atom stereocenters. The van der Waals surface area contributed by atoms with E-state index in [0.717, 1.165) is 39.5 Å². The SMILES string of the molecule is Cc1ccc(CC(=S)Cc2ncc(-c3ccc(CO)cc3)nc2Cc2ccccc2)cc1. The summed E-state index contributed by atoms with van der Waals surface area (Å²) in [7, 11) is 0. The minimum atomic E-state index is 0.0303. The summed E-state index contributed by atoms with van der Waals surface area (Å²) in [6, 6.07) is 26.6. The van der Waals surface area contributed by atoms with E-state index in [2.05, 4.69) is 43.3 Å². The molecular weight excluding hydrogens is 412 g/mol. The first-order valence-corrected chi connectivity index (χ1v) is 11.2. The Labute approximate surface area is 194 Å². The van der Waals surface area contributed by atoms with Crippen LogP contribution < -0.4 is 0 Å². The standard InChI is InChI=1S/C28H26N2OS/c1-20-7-9-22(10-8-20)15-25(32)17-26-27(16-21-5-3-2-4-6-21)30-28(18-29-26)24-13-11-23(19-31)12-14-24/h2-14,18,31H,15-17,19H2,1H3. The molecule has 0 aliphatic carbocycles. The van der Waals surface area contributed by atoms with Gasteiger partial charge >= 0.3 is 0 Å². The lowest BCUT2D eigenvalue weighted by Crippen LogP contribution is -2.11. The van der Waals surface area contributed by atoms with Crippen LogP contribution in [0.5, 0.6) is 0 Å². The Morgan fingerprint density at radius 1 is 0.781 bits per heavy atom. The van der Waals surface area contributed by atoms with Gasteiger partial charge in [0.1, 0.15) is 0 Å². The molecule has 0 amide bonds. The van der Waals surface area contributed by atoms with Crippen molar-refractivity contribution in [3.63, 3.8) is 0 Å². The fourth-order valence-corrected chi connectivity index (χ4v) is 3.94. The number of hydrogen-bond donors (Lipinski definition) is 1. The second-order valence-corrected chi connectivity index (χ2v) is 8.62. The van der Waals surface area contributed by atoms with Crippen molar-refractivity contribution in [1.82, 2.24) is 9.97 Å². The average molecular weight is 439 g/mol. The Morgan fingerprint density at radius 3 is 2.16 bits per heavy atom. The minimum absolute atomic E-state index is 0.0303. The van der Waals surface area contributed by atoms with Crippen molar-refractivity contribution in [2.24, 2.45) is 0 Å². The maximum Gasteiger partial charge on any atom is 0.0888 e. The minimum Gasteiger partial charge on any atom is -0.392 e. The molecule has 0 bridgehead atoms. The average Bonchev–Trinajstić information content (AvgIpc) is 2.82. The zero-order valence-electron chi connectivity index (χ0n) is 18.2. The van der Waals surface area contributed by atoms with Crippen molar-refractivity contribution in [3.8, 4) is 11.3 Å². The number of rotatable bonds is 8. The number of aryl methyl sites for hydroxylation is 1. The first-order chi connectivity index (χ1) is 15.6. The zero-order chi connectivity index (χ0) is 22.3. The number of aliphatic hydroxyl groups is 1. The molecule has 0 saturated carbocycles. The summed E-state index contributed by atoms with van der Waals surface area (Å²) in [6.07, 6.45) is 3.92. The van der Waals surface area contributed by atoms with Crippen molar-refractivity contribution in [2.75, 3.05) is 0 Å². The first kappa shape index (κ1) is 22.0. The van der Waals surface area contributed by atoms with E-state index < -0.39 is 0 Å². The normalized spacial score (nSPS) is 10.8. The van der Waals surface area contributed by atoms with Gasteiger partial charge in [0, 0.05) is 29.7 Å². The van der Waals surface area contributed by atoms with Crippen molar-refractivity contribution in [2.45, 2.75) is 32.8 Å². The lowest BCUT2D eigenvalue weighted by Gasteiger charge is -2.12. The summed E-state index contributed by atoms with van der Waals surface area (Å²) >= 11 is 5.74. The number of nitrogens with zero attached hydrogens (tertiary/aromatic N) is 2. The van der Waals surface area contributed by atoms with Gasteiger partial charge in [0.25, 0.3) is 0 Å². The van der Waals surface area contributed by atoms with E-state index in [1.54, 1.807) is 0 Å². The maximum absolute atomic E-state index is 9.31. The predicted molar refractivity (Wildman–Crippen MR) is 134 cm³/mol. The Kier molecular flexibility index (Phi) is 7.15. The Balaban J connectivity index is 1.60. The predicted octanol–water partition coefficient (Wildman–Crippen LogP) is 5.69. The molecule has 3 aromatic carbocycles. The first-order valence-electron chi connectivity index (χ1n) is 10.8. The molecule has 0 fully saturated rings. The van der Waals surface area contributed by atoms with E-state index in [9.17, 15) is 5.11 Å². The third-order valence-electron chi connectivity index (χ3n) is 5.46. The van der Waals surface area contributed by atoms with Crippen molar-refractivity contribution in [1.29, 1.82) is 0 Å². The van der Waals surface area contributed by atoms with Crippen LogP contribution in [0.25, 0.3) is 11.3 Å². The van der Waals surface area contributed by atoms with Gasteiger partial charge in [-0.1, -0.05) is 96.6 Å². The highest BCUT2D eigenvalue weighted by molar-refractivity contribution is 7.80. The van der Waals surface area contributed by atoms with Crippen LogP contribution in [-0.2, 0) is 25.9 Å². The van der Waals surface area contributed by atoms with Gasteiger partial charge in [-0.05, 0) is 23.6 Å². The quantitative estimate of drug-likeness (QED) is 0.359. The van der Waals surface area contributed by atoms with E-state index in [4.69, 9.17) is 22.2 Å². The molecule has 0 radical (unpaired) electrons. The summed E-state index contributed by atoms with van der Waals surface area (Å²) in [4.78, 5) is 10.7. The monoisotopic (exact) mass is 438 g/mol. The third-order valence-corrected chi connectivity index (χ3v) is 5.75. The highest BCUT2D eigenvalue weighted by atomic mass is 32.1. The summed E-state index contributed by atoms with van der Waals surface area (Å²) in [6.45, 7) is 2.12. The van der Waals surface area contributed by atoms with Gasteiger partial charge in [-0.2, -0.15) is 0 Å². The van der Waals surface area contributed by atoms with Crippen molar-refractivity contribution < 1.29 is 5.11 Å². The van der Waals surface area contributed by atoms with E-state index in [-0.39, 0.29) is 6.61 Å². The summed E-state index contributed by atoms with van der Waals surface area (Å²) in [5, 5.41) is 9.31. The van der Waals surface area contributed by atoms with Gasteiger partial charge in [-0.3, -0.25) is 4.98 Å². The largest absolute Gasteiger partial charge is 0.392 e. The van der Waals surface area contributed by atoms with Crippen LogP contribution in [0, 0.1) is 6.92 Å². The Hall–Kier alpha value is -3.21. The van der Waals surface area contributed by atoms with Gasteiger partial charge in [-0.15, -0.1) is 0 Å². The molecule has 160 valence electrons. The highest BCUT2D eigenvalue weighted by Crippen LogP contribution is 2.21. The van der Waals surface area contributed by atoms with Crippen LogP contribution in [0.15, 0.2) is 85.1 Å². The van der Waals surface area contributed by atoms with E-state index >= 15 is 0 Å². The molecule has 0 unspecified atom stereocenters. The third kappa shape index (κ3) is 5.72. The van der Waals surface area contributed by atoms with Gasteiger partial charge in [0.2, 0.25) is 0 Å². The molecule has 32 heavy (non-hydrogen) atoms. The molecule has 3 nitrogen and oxygen atoms in total. The van der Waals surface area contributed by atoms with Crippen LogP contribution in [-0.4, -0.2) is 19.9 Å². The van der Waals surface area contributed by atoms with E-state index in [1.807, 2.05) is 48.7 Å². The number of aliphatic hydroxyl groups excluding tert-OH is 1. The number of hydrogen-bond acceptors (Lipinski definition) is 4. The molecule has 4 heteroatoms. The Morgan fingerprint density at radius 2 is 1.47 bits per heavy atom. The van der Waals surface area contributed by atoms with Gasteiger partial charge in [0.05, 0.1) is 29.9 Å². The van der Waals surface area contributed by atoms with E-state index in [0.29, 0.717) is 12.8 Å². The van der Waals surface area contributed by atoms with Gasteiger partial charge in [-0.25, -0.2) is 4.98 Å². The fraction of sp³-hybridized carbons (Fsp3) is 0.179. The number of aromatic nitrogens is 2. The van der Waals surface area contributed by atoms with Gasteiger partial charge < -0.3 is 5.11 Å². The van der Waals surface area contributed by atoms with Crippen molar-refractivity contribution >= 4 is 17.1 Å². The lowest BCUT2D eigenvalue weighted by atomic mass is 10.0. The molecule has 1 heterocycles. The van der Waals surface area contributed by atoms with Crippen molar-refractivity contribution in [3.05, 3.63) is 119 Å². The Bertz CT molecular complexity index is 1190. The van der Waals surface area contributed by atoms with Crippen LogP contribution >= 0.6 is 12.2 Å². The smallest absolute Gasteiger partial charge is 0.0888 e. The van der Waals surface area contributed by atoms with Crippen LogP contribution in [0.1, 0.15) is 33.6 Å². The maximum atomic E-state index is 9.31. The molecule has 0 spiro atoms. The number of benzene rings is 3. The molecule has 4 rings (SSSR count). The second kappa shape index (κ2) is 10.4. The van der Waals surface area contributed by atoms with E-state index in [1.165, 1.54) is 16.7 Å². The lowest BCUT2D eigenvalue weighted by molar-refractivity contribution is 0.282. The van der Waals surface area contributed by atoms with Gasteiger partial charge in [0.15, 0.2) is 0 Å². The molecule has 4 aromatic rings. The zero-order valence-corrected chi connectivity index (χ0v) is 19.0. The van der Waals surface area contributed by atoms with Crippen LogP contribution in [0.3, 0.4) is 0 Å². The van der Waals surface area contributed by atoms with Crippen LogP contribution in [0.2, 0.25) is 0 Å². The summed E-state index contributed by atoms with van der Waals surface area (Å²) in [5.74, 6) is 0. The molecular formula is C28H26N2OS. The molecule has 0 aliphatic heterocycles. The van der Waals surface area contributed by atoms with Crippen LogP contribution in [0.4, 0.5) is 0 Å². The molecule has 0 aliphatic rings. The topological polar surface area (TPSA) is 46.0 Å². The second-order valence-electron chi connectivity index (χ2n) is 8.04. The molecule has 1 aromatic heterocycles. The molecule has 0 saturated heterocycles. The summed E-state index contributed by atoms with van der Waals surface area (Å²) in [5.41, 5.74) is 8.24. The molecule has 1 N–H and O–H groups in total. The number of thiocarbonyl (C=S) groups is 1. The fourth-order valence-electron chi connectivity index (χ4n) is 3.63. The summed E-state index contributed by atoms with van der Waals surface area (Å²) < 4.78 is 0.